The number of benzene rings is 1. The van der Waals surface area contributed by atoms with Crippen LogP contribution in [0.25, 0.3) is 0 Å². The average molecular weight is 379 g/mol. The monoisotopic (exact) mass is 379 g/mol. The highest BCUT2D eigenvalue weighted by Crippen LogP contribution is 2.36. The summed E-state index contributed by atoms with van der Waals surface area (Å²) < 4.78 is 5.39. The first kappa shape index (κ1) is 18.3. The summed E-state index contributed by atoms with van der Waals surface area (Å²) in [6, 6.07) is 11.2. The Morgan fingerprint density at radius 3 is 2.46 bits per heavy atom. The van der Waals surface area contributed by atoms with E-state index in [2.05, 4.69) is 38.2 Å². The summed E-state index contributed by atoms with van der Waals surface area (Å²) in [4.78, 5) is 28.9. The van der Waals surface area contributed by atoms with Gasteiger partial charge < -0.3 is 14.6 Å². The van der Waals surface area contributed by atoms with Gasteiger partial charge in [-0.25, -0.2) is 4.79 Å². The number of amides is 3. The molecule has 1 aromatic heterocycles. The van der Waals surface area contributed by atoms with E-state index in [4.69, 9.17) is 4.42 Å². The SMILES string of the molecule is CN1C(=O)N[C@@H](c2ccc(C(C)(C)C)cc2)C2=C1CN(Cc1ccco1)C2=O. The molecule has 6 heteroatoms. The van der Waals surface area contributed by atoms with Crippen molar-refractivity contribution in [3.63, 3.8) is 0 Å². The third-order valence-corrected chi connectivity index (χ3v) is 5.47. The number of nitrogens with zero attached hydrogens (tertiary/aromatic N) is 2. The maximum atomic E-state index is 13.2. The standard InChI is InChI=1S/C22H25N3O3/c1-22(2,3)15-9-7-14(8-10-15)19-18-17(24(4)21(27)23-19)13-25(20(18)26)12-16-6-5-11-28-16/h5-11,19H,12-13H2,1-4H3,(H,23,27)/t19-/m0/s1. The number of nitrogens with one attached hydrogen (secondary N) is 1. The number of urea groups is 1. The lowest BCUT2D eigenvalue weighted by Crippen LogP contribution is -2.45. The number of carbonyl (C=O) groups excluding carboxylic acids is 2. The van der Waals surface area contributed by atoms with Crippen molar-refractivity contribution >= 4 is 11.9 Å². The summed E-state index contributed by atoms with van der Waals surface area (Å²) in [6.45, 7) is 7.26. The topological polar surface area (TPSA) is 65.8 Å². The number of furan rings is 1. The number of hydrogen-bond donors (Lipinski definition) is 1. The molecule has 1 aromatic carbocycles. The lowest BCUT2D eigenvalue weighted by atomic mass is 9.85. The minimum absolute atomic E-state index is 0.0437. The minimum Gasteiger partial charge on any atom is -0.467 e. The fourth-order valence-electron chi connectivity index (χ4n) is 3.77. The maximum absolute atomic E-state index is 13.2. The predicted molar refractivity (Wildman–Crippen MR) is 105 cm³/mol. The summed E-state index contributed by atoms with van der Waals surface area (Å²) in [6.07, 6.45) is 1.60. The van der Waals surface area contributed by atoms with E-state index in [1.54, 1.807) is 24.3 Å². The van der Waals surface area contributed by atoms with Crippen LogP contribution in [0.5, 0.6) is 0 Å². The Morgan fingerprint density at radius 1 is 1.14 bits per heavy atom. The van der Waals surface area contributed by atoms with Gasteiger partial charge in [0.25, 0.3) is 5.91 Å². The molecular weight excluding hydrogens is 354 g/mol. The molecule has 2 aliphatic rings. The van der Waals surface area contributed by atoms with Gasteiger partial charge in [0.2, 0.25) is 0 Å². The molecule has 2 aromatic rings. The van der Waals surface area contributed by atoms with Crippen LogP contribution in [0.4, 0.5) is 4.79 Å². The van der Waals surface area contributed by atoms with E-state index < -0.39 is 6.04 Å². The fourth-order valence-corrected chi connectivity index (χ4v) is 3.77. The van der Waals surface area contributed by atoms with Crippen molar-refractivity contribution in [2.45, 2.75) is 38.8 Å². The first-order valence-electron chi connectivity index (χ1n) is 9.45. The molecule has 0 fully saturated rings. The molecule has 1 atom stereocenters. The molecule has 2 aliphatic heterocycles. The van der Waals surface area contributed by atoms with Gasteiger partial charge in [-0.1, -0.05) is 45.0 Å². The Hall–Kier alpha value is -3.02. The smallest absolute Gasteiger partial charge is 0.322 e. The molecule has 6 nitrogen and oxygen atoms in total. The van der Waals surface area contributed by atoms with Gasteiger partial charge in [-0.05, 0) is 28.7 Å². The lowest BCUT2D eigenvalue weighted by Gasteiger charge is -2.31. The van der Waals surface area contributed by atoms with Crippen LogP contribution in [-0.2, 0) is 16.8 Å². The third-order valence-electron chi connectivity index (χ3n) is 5.47. The molecule has 28 heavy (non-hydrogen) atoms. The van der Waals surface area contributed by atoms with Crippen LogP contribution in [0.1, 0.15) is 43.7 Å². The van der Waals surface area contributed by atoms with E-state index in [1.165, 1.54) is 10.5 Å². The second-order valence-corrected chi connectivity index (χ2v) is 8.41. The summed E-state index contributed by atoms with van der Waals surface area (Å²) in [5.74, 6) is 0.657. The van der Waals surface area contributed by atoms with E-state index in [1.807, 2.05) is 18.2 Å². The Labute approximate surface area is 164 Å². The molecule has 1 N–H and O–H groups in total. The zero-order valence-corrected chi connectivity index (χ0v) is 16.7. The fraction of sp³-hybridized carbons (Fsp3) is 0.364. The molecule has 0 unspecified atom stereocenters. The minimum atomic E-state index is -0.443. The van der Waals surface area contributed by atoms with Crippen LogP contribution in [0.15, 0.2) is 58.3 Å². The van der Waals surface area contributed by atoms with Crippen LogP contribution < -0.4 is 5.32 Å². The van der Waals surface area contributed by atoms with Crippen LogP contribution in [0, 0.1) is 0 Å². The first-order valence-corrected chi connectivity index (χ1v) is 9.45. The van der Waals surface area contributed by atoms with Crippen molar-refractivity contribution < 1.29 is 14.0 Å². The third kappa shape index (κ3) is 3.09. The second-order valence-electron chi connectivity index (χ2n) is 8.41. The number of likely N-dealkylation sites (N-methyl/N-ethyl adjacent to an activating group) is 1. The van der Waals surface area contributed by atoms with Crippen molar-refractivity contribution in [3.8, 4) is 0 Å². The Balaban J connectivity index is 1.66. The van der Waals surface area contributed by atoms with E-state index in [0.29, 0.717) is 18.7 Å². The predicted octanol–water partition coefficient (Wildman–Crippen LogP) is 3.57. The van der Waals surface area contributed by atoms with Crippen molar-refractivity contribution in [3.05, 3.63) is 70.8 Å². The Bertz CT molecular complexity index is 936. The van der Waals surface area contributed by atoms with Crippen LogP contribution in [0.2, 0.25) is 0 Å². The first-order chi connectivity index (χ1) is 13.3. The highest BCUT2D eigenvalue weighted by Gasteiger charge is 2.43. The van der Waals surface area contributed by atoms with E-state index in [-0.39, 0.29) is 17.4 Å². The summed E-state index contributed by atoms with van der Waals surface area (Å²) in [5, 5.41) is 2.98. The second kappa shape index (κ2) is 6.55. The molecule has 0 bridgehead atoms. The van der Waals surface area contributed by atoms with Gasteiger partial charge in [0, 0.05) is 7.05 Å². The van der Waals surface area contributed by atoms with E-state index in [0.717, 1.165) is 17.0 Å². The Kier molecular flexibility index (Phi) is 4.29. The van der Waals surface area contributed by atoms with Crippen LogP contribution in [-0.4, -0.2) is 35.3 Å². The Morgan fingerprint density at radius 2 is 1.86 bits per heavy atom. The molecule has 3 heterocycles. The zero-order valence-electron chi connectivity index (χ0n) is 16.7. The molecule has 146 valence electrons. The average Bonchev–Trinajstić information content (AvgIpc) is 3.27. The van der Waals surface area contributed by atoms with E-state index >= 15 is 0 Å². The normalized spacial score (nSPS) is 19.9. The number of carbonyl (C=O) groups is 2. The summed E-state index contributed by atoms with van der Waals surface area (Å²) >= 11 is 0. The lowest BCUT2D eigenvalue weighted by molar-refractivity contribution is -0.126. The van der Waals surface area contributed by atoms with E-state index in [9.17, 15) is 9.59 Å². The van der Waals surface area contributed by atoms with Gasteiger partial charge in [0.15, 0.2) is 0 Å². The zero-order chi connectivity index (χ0) is 20.1. The number of hydrogen-bond acceptors (Lipinski definition) is 3. The highest BCUT2D eigenvalue weighted by molar-refractivity contribution is 6.01. The summed E-state index contributed by atoms with van der Waals surface area (Å²) in [7, 11) is 1.70. The van der Waals surface area contributed by atoms with Crippen molar-refractivity contribution in [2.24, 2.45) is 0 Å². The highest BCUT2D eigenvalue weighted by atomic mass is 16.3. The van der Waals surface area contributed by atoms with Crippen molar-refractivity contribution in [1.82, 2.24) is 15.1 Å². The molecule has 3 amide bonds. The molecule has 4 rings (SSSR count). The van der Waals surface area contributed by atoms with Crippen LogP contribution in [0.3, 0.4) is 0 Å². The molecule has 0 spiro atoms. The quantitative estimate of drug-likeness (QED) is 0.887. The molecular formula is C22H25N3O3. The molecule has 0 radical (unpaired) electrons. The molecule has 0 aliphatic carbocycles. The van der Waals surface area contributed by atoms with Crippen molar-refractivity contribution in [1.29, 1.82) is 0 Å². The van der Waals surface area contributed by atoms with Crippen molar-refractivity contribution in [2.75, 3.05) is 13.6 Å². The van der Waals surface area contributed by atoms with Gasteiger partial charge in [-0.15, -0.1) is 0 Å². The molecule has 0 saturated carbocycles. The van der Waals surface area contributed by atoms with Gasteiger partial charge in [0.05, 0.1) is 36.7 Å². The van der Waals surface area contributed by atoms with Crippen LogP contribution >= 0.6 is 0 Å². The van der Waals surface area contributed by atoms with Gasteiger partial charge in [-0.3, -0.25) is 9.69 Å². The van der Waals surface area contributed by atoms with Gasteiger partial charge in [-0.2, -0.15) is 0 Å². The van der Waals surface area contributed by atoms with Gasteiger partial charge in [0.1, 0.15) is 5.76 Å². The molecule has 0 saturated heterocycles. The maximum Gasteiger partial charge on any atom is 0.322 e. The van der Waals surface area contributed by atoms with Gasteiger partial charge >= 0.3 is 6.03 Å². The largest absolute Gasteiger partial charge is 0.467 e. The number of rotatable bonds is 3. The summed E-state index contributed by atoms with van der Waals surface area (Å²) in [5.41, 5.74) is 3.56.